The second-order valence-corrected chi connectivity index (χ2v) is 6.60. The minimum absolute atomic E-state index is 0.121. The Kier molecular flexibility index (Phi) is 4.06. The number of amides is 2. The van der Waals surface area contributed by atoms with Crippen molar-refractivity contribution in [3.63, 3.8) is 0 Å². The molecule has 0 radical (unpaired) electrons. The van der Waals surface area contributed by atoms with E-state index < -0.39 is 5.60 Å². The first-order valence-corrected chi connectivity index (χ1v) is 8.58. The average Bonchev–Trinajstić information content (AvgIpc) is 3.17. The highest BCUT2D eigenvalue weighted by Crippen LogP contribution is 2.35. The number of rotatable bonds is 2. The molecule has 2 amide bonds. The van der Waals surface area contributed by atoms with E-state index in [1.54, 1.807) is 42.3 Å². The van der Waals surface area contributed by atoms with E-state index in [9.17, 15) is 9.59 Å². The molecule has 136 valence electrons. The number of likely N-dealkylation sites (tertiary alicyclic amines) is 1. The summed E-state index contributed by atoms with van der Waals surface area (Å²) >= 11 is 0. The van der Waals surface area contributed by atoms with Gasteiger partial charge in [0.25, 0.3) is 11.8 Å². The van der Waals surface area contributed by atoms with E-state index in [0.717, 1.165) is 0 Å². The molecule has 0 bridgehead atoms. The highest BCUT2D eigenvalue weighted by molar-refractivity contribution is 5.97. The number of carbonyl (C=O) groups excluding carboxylic acids is 2. The molecule has 2 aromatic rings. The van der Waals surface area contributed by atoms with Gasteiger partial charge in [-0.3, -0.25) is 9.59 Å². The summed E-state index contributed by atoms with van der Waals surface area (Å²) in [6.07, 6.45) is 2.74. The molecule has 7 heteroatoms. The van der Waals surface area contributed by atoms with Crippen molar-refractivity contribution in [2.45, 2.75) is 18.4 Å². The quantitative estimate of drug-likeness (QED) is 0.891. The predicted molar refractivity (Wildman–Crippen MR) is 92.5 cm³/mol. The minimum atomic E-state index is -0.535. The van der Waals surface area contributed by atoms with Crippen LogP contribution in [0.5, 0.6) is 11.5 Å². The number of methoxy groups -OCH3 is 1. The van der Waals surface area contributed by atoms with E-state index in [-0.39, 0.29) is 11.8 Å². The lowest BCUT2D eigenvalue weighted by Crippen LogP contribution is -2.54. The van der Waals surface area contributed by atoms with Crippen LogP contribution in [0.1, 0.15) is 33.8 Å². The van der Waals surface area contributed by atoms with Crippen LogP contribution in [0.2, 0.25) is 0 Å². The van der Waals surface area contributed by atoms with Crippen LogP contribution in [0.15, 0.2) is 41.0 Å². The molecular weight excluding hydrogens is 336 g/mol. The number of hydrogen-bond donors (Lipinski definition) is 1. The third kappa shape index (κ3) is 2.89. The number of ether oxygens (including phenoxy) is 2. The predicted octanol–water partition coefficient (Wildman–Crippen LogP) is 2.09. The Hall–Kier alpha value is -2.96. The van der Waals surface area contributed by atoms with Crippen LogP contribution in [-0.4, -0.2) is 49.1 Å². The molecular formula is C19H20N2O5. The Morgan fingerprint density at radius 1 is 1.27 bits per heavy atom. The third-order valence-electron chi connectivity index (χ3n) is 5.02. The average molecular weight is 356 g/mol. The van der Waals surface area contributed by atoms with Gasteiger partial charge in [0.1, 0.15) is 17.1 Å². The zero-order chi connectivity index (χ0) is 18.1. The molecule has 2 aliphatic rings. The SMILES string of the molecule is COc1ccc2c(c1)OC1(CCN(C(=O)c3ccco3)CC1)CNC2=O. The van der Waals surface area contributed by atoms with Crippen molar-refractivity contribution in [3.05, 3.63) is 47.9 Å². The van der Waals surface area contributed by atoms with Crippen LogP contribution in [-0.2, 0) is 0 Å². The van der Waals surface area contributed by atoms with Crippen molar-refractivity contribution >= 4 is 11.8 Å². The molecule has 0 saturated carbocycles. The fraction of sp³-hybridized carbons (Fsp3) is 0.368. The zero-order valence-electron chi connectivity index (χ0n) is 14.5. The van der Waals surface area contributed by atoms with Gasteiger partial charge in [-0.05, 0) is 24.3 Å². The molecule has 1 aromatic heterocycles. The number of carbonyl (C=O) groups is 2. The number of fused-ring (bicyclic) bond motifs is 1. The fourth-order valence-corrected chi connectivity index (χ4v) is 3.46. The van der Waals surface area contributed by atoms with Gasteiger partial charge in [0.15, 0.2) is 5.76 Å². The van der Waals surface area contributed by atoms with Gasteiger partial charge in [-0.25, -0.2) is 0 Å². The molecule has 0 unspecified atom stereocenters. The Morgan fingerprint density at radius 2 is 2.08 bits per heavy atom. The van der Waals surface area contributed by atoms with Crippen molar-refractivity contribution in [1.29, 1.82) is 0 Å². The van der Waals surface area contributed by atoms with Gasteiger partial charge in [-0.2, -0.15) is 0 Å². The zero-order valence-corrected chi connectivity index (χ0v) is 14.5. The standard InChI is InChI=1S/C19H20N2O5/c1-24-13-4-5-14-16(11-13)26-19(12-20-17(14)22)6-8-21(9-7-19)18(23)15-3-2-10-25-15/h2-5,10-11H,6-9,12H2,1H3,(H,20,22). The fourth-order valence-electron chi connectivity index (χ4n) is 3.46. The summed E-state index contributed by atoms with van der Waals surface area (Å²) < 4.78 is 16.7. The van der Waals surface area contributed by atoms with Gasteiger partial charge in [0.2, 0.25) is 0 Å². The summed E-state index contributed by atoms with van der Waals surface area (Å²) in [5, 5.41) is 2.94. The smallest absolute Gasteiger partial charge is 0.289 e. The van der Waals surface area contributed by atoms with Gasteiger partial charge < -0.3 is 24.1 Å². The van der Waals surface area contributed by atoms with Gasteiger partial charge in [-0.15, -0.1) is 0 Å². The number of furan rings is 1. The topological polar surface area (TPSA) is 81.0 Å². The summed E-state index contributed by atoms with van der Waals surface area (Å²) in [4.78, 5) is 26.5. The van der Waals surface area contributed by atoms with E-state index in [1.807, 2.05) is 0 Å². The lowest BCUT2D eigenvalue weighted by molar-refractivity contribution is 0.00662. The molecule has 26 heavy (non-hydrogen) atoms. The summed E-state index contributed by atoms with van der Waals surface area (Å²) in [5.41, 5.74) is -0.0375. The molecule has 4 rings (SSSR count). The Bertz CT molecular complexity index is 822. The number of piperidine rings is 1. The molecule has 0 atom stereocenters. The van der Waals surface area contributed by atoms with Gasteiger partial charge in [0, 0.05) is 32.0 Å². The molecule has 1 N–H and O–H groups in total. The first kappa shape index (κ1) is 16.5. The van der Waals surface area contributed by atoms with Crippen molar-refractivity contribution < 1.29 is 23.5 Å². The van der Waals surface area contributed by atoms with Crippen molar-refractivity contribution in [2.75, 3.05) is 26.7 Å². The Balaban J connectivity index is 1.53. The second-order valence-electron chi connectivity index (χ2n) is 6.60. The lowest BCUT2D eigenvalue weighted by atomic mass is 9.90. The highest BCUT2D eigenvalue weighted by atomic mass is 16.5. The van der Waals surface area contributed by atoms with Crippen LogP contribution in [0.4, 0.5) is 0 Å². The van der Waals surface area contributed by atoms with Crippen LogP contribution >= 0.6 is 0 Å². The van der Waals surface area contributed by atoms with Gasteiger partial charge in [-0.1, -0.05) is 0 Å². The molecule has 7 nitrogen and oxygen atoms in total. The van der Waals surface area contributed by atoms with E-state index in [4.69, 9.17) is 13.9 Å². The van der Waals surface area contributed by atoms with Crippen LogP contribution in [0.25, 0.3) is 0 Å². The molecule has 0 aliphatic carbocycles. The van der Waals surface area contributed by atoms with Crippen LogP contribution in [0.3, 0.4) is 0 Å². The molecule has 1 fully saturated rings. The highest BCUT2D eigenvalue weighted by Gasteiger charge is 2.41. The van der Waals surface area contributed by atoms with Gasteiger partial charge >= 0.3 is 0 Å². The van der Waals surface area contributed by atoms with Gasteiger partial charge in [0.05, 0.1) is 25.5 Å². The molecule has 3 heterocycles. The largest absolute Gasteiger partial charge is 0.497 e. The van der Waals surface area contributed by atoms with E-state index in [1.165, 1.54) is 6.26 Å². The minimum Gasteiger partial charge on any atom is -0.497 e. The third-order valence-corrected chi connectivity index (χ3v) is 5.02. The summed E-state index contributed by atoms with van der Waals surface area (Å²) in [6.45, 7) is 1.48. The maximum absolute atomic E-state index is 12.4. The maximum Gasteiger partial charge on any atom is 0.289 e. The maximum atomic E-state index is 12.4. The number of hydrogen-bond acceptors (Lipinski definition) is 5. The van der Waals surface area contributed by atoms with Crippen LogP contribution in [0, 0.1) is 0 Å². The summed E-state index contributed by atoms with van der Waals surface area (Å²) in [7, 11) is 1.58. The van der Waals surface area contributed by atoms with E-state index in [2.05, 4.69) is 5.32 Å². The second kappa shape index (κ2) is 6.40. The number of nitrogens with zero attached hydrogens (tertiary/aromatic N) is 1. The molecule has 1 saturated heterocycles. The monoisotopic (exact) mass is 356 g/mol. The normalized spacial score (nSPS) is 18.5. The molecule has 1 aromatic carbocycles. The lowest BCUT2D eigenvalue weighted by Gasteiger charge is -2.40. The number of nitrogens with one attached hydrogen (secondary N) is 1. The van der Waals surface area contributed by atoms with E-state index >= 15 is 0 Å². The summed E-state index contributed by atoms with van der Waals surface area (Å²) in [5.74, 6) is 1.22. The Morgan fingerprint density at radius 3 is 2.77 bits per heavy atom. The van der Waals surface area contributed by atoms with Crippen molar-refractivity contribution in [2.24, 2.45) is 0 Å². The van der Waals surface area contributed by atoms with E-state index in [0.29, 0.717) is 55.3 Å². The van der Waals surface area contributed by atoms with Crippen molar-refractivity contribution in [3.8, 4) is 11.5 Å². The first-order chi connectivity index (χ1) is 12.6. The number of benzene rings is 1. The first-order valence-electron chi connectivity index (χ1n) is 8.58. The van der Waals surface area contributed by atoms with Crippen LogP contribution < -0.4 is 14.8 Å². The molecule has 1 spiro atoms. The molecule has 2 aliphatic heterocycles. The summed E-state index contributed by atoms with van der Waals surface area (Å²) in [6, 6.07) is 8.55. The Labute approximate surface area is 150 Å². The van der Waals surface area contributed by atoms with Crippen molar-refractivity contribution in [1.82, 2.24) is 10.2 Å².